The molecule has 0 bridgehead atoms. The Labute approximate surface area is 389 Å². The van der Waals surface area contributed by atoms with Gasteiger partial charge in [-0.3, -0.25) is 0 Å². The molecule has 0 saturated heterocycles. The highest BCUT2D eigenvalue weighted by Crippen LogP contribution is 2.65. The summed E-state index contributed by atoms with van der Waals surface area (Å²) in [5.41, 5.74) is 24.7. The first-order valence-electron chi connectivity index (χ1n) is 23.5. The van der Waals surface area contributed by atoms with Crippen molar-refractivity contribution in [2.45, 2.75) is 44.9 Å². The maximum Gasteiger partial charge on any atom is 0.160 e. The first-order valence-corrected chi connectivity index (χ1v) is 23.5. The summed E-state index contributed by atoms with van der Waals surface area (Å²) in [7, 11) is 0. The molecule has 0 fully saturated rings. The Morgan fingerprint density at radius 3 is 2.00 bits per heavy atom. The molecule has 0 radical (unpaired) electrons. The summed E-state index contributed by atoms with van der Waals surface area (Å²) >= 11 is 0. The summed E-state index contributed by atoms with van der Waals surface area (Å²) < 4.78 is 0. The molecule has 1 aromatic heterocycles. The summed E-state index contributed by atoms with van der Waals surface area (Å²) in [5, 5.41) is 3.46. The topological polar surface area (TPSA) is 37.8 Å². The Kier molecular flexibility index (Phi) is 10.5. The van der Waals surface area contributed by atoms with Crippen LogP contribution >= 0.6 is 0 Å². The molecule has 6 aromatic carbocycles. The van der Waals surface area contributed by atoms with E-state index in [0.717, 1.165) is 58.7 Å². The van der Waals surface area contributed by atoms with Crippen molar-refractivity contribution in [2.24, 2.45) is 5.92 Å². The Morgan fingerprint density at radius 1 is 0.667 bits per heavy atom. The summed E-state index contributed by atoms with van der Waals surface area (Å²) in [6.07, 6.45) is 17.1. The Balaban J connectivity index is 1.16. The van der Waals surface area contributed by atoms with Crippen LogP contribution in [0.5, 0.6) is 0 Å². The number of hydrogen-bond acceptors (Lipinski definition) is 3. The average molecular weight is 852 g/mol. The number of benzene rings is 6. The molecule has 320 valence electrons. The van der Waals surface area contributed by atoms with Gasteiger partial charge < -0.3 is 5.32 Å². The van der Waals surface area contributed by atoms with Crippen molar-refractivity contribution in [2.75, 3.05) is 13.1 Å². The number of allylic oxidation sites excluding steroid dienone is 9. The number of rotatable bonds is 8. The lowest BCUT2D eigenvalue weighted by Crippen LogP contribution is -2.43. The average Bonchev–Trinajstić information content (AvgIpc) is 3.47. The fraction of sp³-hybridized carbons (Fsp3) is 0.159. The molecule has 1 N–H and O–H groups in total. The third kappa shape index (κ3) is 6.78. The van der Waals surface area contributed by atoms with E-state index in [1.54, 1.807) is 0 Å². The molecule has 1 aliphatic heterocycles. The smallest absolute Gasteiger partial charge is 0.160 e. The monoisotopic (exact) mass is 851 g/mol. The van der Waals surface area contributed by atoms with Crippen LogP contribution in [0, 0.1) is 5.92 Å². The van der Waals surface area contributed by atoms with E-state index in [1.807, 2.05) is 6.07 Å². The van der Waals surface area contributed by atoms with Crippen LogP contribution in [0.15, 0.2) is 217 Å². The van der Waals surface area contributed by atoms with Gasteiger partial charge in [-0.05, 0) is 86.7 Å². The van der Waals surface area contributed by atoms with Gasteiger partial charge in [0.25, 0.3) is 0 Å². The van der Waals surface area contributed by atoms with Crippen molar-refractivity contribution < 1.29 is 0 Å². The Hall–Kier alpha value is -7.42. The second-order valence-corrected chi connectivity index (χ2v) is 18.4. The fourth-order valence-corrected chi connectivity index (χ4v) is 11.1. The van der Waals surface area contributed by atoms with Crippen molar-refractivity contribution in [1.29, 1.82) is 0 Å². The molecule has 3 nitrogen and oxygen atoms in total. The van der Waals surface area contributed by atoms with Crippen LogP contribution in [0.3, 0.4) is 0 Å². The third-order valence-electron chi connectivity index (χ3n) is 14.3. The van der Waals surface area contributed by atoms with E-state index in [1.165, 1.54) is 61.2 Å². The molecule has 2 heterocycles. The molecule has 7 aromatic rings. The van der Waals surface area contributed by atoms with Crippen LogP contribution in [0.25, 0.3) is 50.6 Å². The van der Waals surface area contributed by atoms with Gasteiger partial charge >= 0.3 is 0 Å². The molecule has 3 aliphatic carbocycles. The van der Waals surface area contributed by atoms with Crippen LogP contribution in [0.2, 0.25) is 0 Å². The highest BCUT2D eigenvalue weighted by Gasteiger charge is 2.57. The van der Waals surface area contributed by atoms with Gasteiger partial charge in [-0.25, -0.2) is 9.97 Å². The zero-order valence-electron chi connectivity index (χ0n) is 38.1. The molecule has 1 unspecified atom stereocenters. The second-order valence-electron chi connectivity index (χ2n) is 18.4. The molecule has 1 atom stereocenters. The van der Waals surface area contributed by atoms with Crippen LogP contribution in [0.4, 0.5) is 0 Å². The van der Waals surface area contributed by atoms with Gasteiger partial charge in [0.2, 0.25) is 0 Å². The van der Waals surface area contributed by atoms with Gasteiger partial charge in [0, 0.05) is 52.3 Å². The van der Waals surface area contributed by atoms with Crippen molar-refractivity contribution in [3.05, 3.63) is 262 Å². The molecule has 11 rings (SSSR count). The maximum atomic E-state index is 5.44. The highest BCUT2D eigenvalue weighted by molar-refractivity contribution is 5.97. The van der Waals surface area contributed by atoms with Gasteiger partial charge in [0.1, 0.15) is 0 Å². The molecule has 0 amide bonds. The van der Waals surface area contributed by atoms with Crippen LogP contribution < -0.4 is 5.32 Å². The molecule has 3 heteroatoms. The molecule has 1 spiro atoms. The van der Waals surface area contributed by atoms with E-state index in [9.17, 15) is 0 Å². The minimum atomic E-state index is -0.501. The SMILES string of the molecule is CC/C=C\C(=C(/C)C1=CCNCC=C1)c1ccc(C2=C=C3c4c(-c5cc(-c6ccccc6)nc(-c6ccccc6)n5)cccc4C4(c5ccccc5C(C)(C)c5ccccc54)C3C=C2)cc1. The van der Waals surface area contributed by atoms with Crippen LogP contribution in [0.1, 0.15) is 78.6 Å². The quantitative estimate of drug-likeness (QED) is 0.122. The van der Waals surface area contributed by atoms with Gasteiger partial charge in [-0.1, -0.05) is 209 Å². The fourth-order valence-electron chi connectivity index (χ4n) is 11.1. The van der Waals surface area contributed by atoms with Gasteiger partial charge in [-0.2, -0.15) is 0 Å². The Bertz CT molecular complexity index is 3150. The van der Waals surface area contributed by atoms with E-state index in [0.29, 0.717) is 5.82 Å². The number of nitrogens with zero attached hydrogens (tertiary/aromatic N) is 2. The standard InChI is InChI=1S/C63H53N3/c1-5-6-24-49(42(2)43-23-18-38-64-39-37-43)45-33-31-44(32-34-45)48-35-36-52-51(40-48)60-50(59-41-58(46-19-9-7-10-20-46)65-61(66-59)47-21-11-8-12-22-47)25-17-30-57(60)63(52)55-28-15-13-26-53(55)62(3,4)54-27-14-16-29-56(54)63/h6-37,41,52,64H,5,38-39H2,1-4H3/b24-6-,49-42-. The minimum Gasteiger partial charge on any atom is -0.310 e. The summed E-state index contributed by atoms with van der Waals surface area (Å²) in [5.74, 6) is 0.684. The second kappa shape index (κ2) is 16.9. The molecular weight excluding hydrogens is 799 g/mol. The zero-order valence-corrected chi connectivity index (χ0v) is 38.1. The molecule has 0 saturated carbocycles. The van der Waals surface area contributed by atoms with Gasteiger partial charge in [0.15, 0.2) is 5.82 Å². The lowest BCUT2D eigenvalue weighted by molar-refractivity contribution is 0.485. The summed E-state index contributed by atoms with van der Waals surface area (Å²) in [6.45, 7) is 11.0. The van der Waals surface area contributed by atoms with E-state index in [4.69, 9.17) is 9.97 Å². The number of fused-ring (bicyclic) bond motifs is 9. The summed E-state index contributed by atoms with van der Waals surface area (Å²) in [4.78, 5) is 10.6. The van der Waals surface area contributed by atoms with E-state index < -0.39 is 5.41 Å². The van der Waals surface area contributed by atoms with E-state index in [2.05, 4.69) is 233 Å². The van der Waals surface area contributed by atoms with E-state index >= 15 is 0 Å². The molecule has 4 aliphatic rings. The normalized spacial score (nSPS) is 17.8. The number of nitrogens with one attached hydrogen (secondary N) is 1. The van der Waals surface area contributed by atoms with Crippen molar-refractivity contribution in [3.63, 3.8) is 0 Å². The molecule has 66 heavy (non-hydrogen) atoms. The maximum absolute atomic E-state index is 5.44. The van der Waals surface area contributed by atoms with Gasteiger partial charge in [0.05, 0.1) is 16.8 Å². The van der Waals surface area contributed by atoms with Crippen molar-refractivity contribution in [1.82, 2.24) is 15.3 Å². The number of hydrogen-bond donors (Lipinski definition) is 1. The lowest BCUT2D eigenvalue weighted by atomic mass is 9.54. The number of aromatic nitrogens is 2. The van der Waals surface area contributed by atoms with Crippen molar-refractivity contribution in [3.8, 4) is 33.9 Å². The third-order valence-corrected chi connectivity index (χ3v) is 14.3. The molecular formula is C63H53N3. The Morgan fingerprint density at radius 2 is 1.30 bits per heavy atom. The van der Waals surface area contributed by atoms with Gasteiger partial charge in [-0.15, -0.1) is 5.73 Å². The largest absolute Gasteiger partial charge is 0.310 e. The zero-order chi connectivity index (χ0) is 44.8. The van der Waals surface area contributed by atoms with E-state index in [-0.39, 0.29) is 11.3 Å². The first-order chi connectivity index (χ1) is 32.4. The van der Waals surface area contributed by atoms with Crippen molar-refractivity contribution >= 4 is 16.7 Å². The highest BCUT2D eigenvalue weighted by atomic mass is 14.9. The predicted molar refractivity (Wildman–Crippen MR) is 275 cm³/mol. The van der Waals surface area contributed by atoms with Crippen LogP contribution in [-0.4, -0.2) is 23.1 Å². The lowest BCUT2D eigenvalue weighted by Gasteiger charge is -2.48. The van der Waals surface area contributed by atoms with Crippen LogP contribution in [-0.2, 0) is 10.8 Å². The first kappa shape index (κ1) is 41.3. The summed E-state index contributed by atoms with van der Waals surface area (Å²) in [6, 6.07) is 57.4. The minimum absolute atomic E-state index is 0.0224. The predicted octanol–water partition coefficient (Wildman–Crippen LogP) is 14.5.